The summed E-state index contributed by atoms with van der Waals surface area (Å²) in [4.78, 5) is 12.5. The maximum atomic E-state index is 12.7. The lowest BCUT2D eigenvalue weighted by Crippen LogP contribution is -2.36. The van der Waals surface area contributed by atoms with E-state index < -0.39 is 10.0 Å². The first-order valence-corrected chi connectivity index (χ1v) is 12.0. The van der Waals surface area contributed by atoms with Crippen molar-refractivity contribution in [2.75, 3.05) is 19.0 Å². The molecule has 0 spiro atoms. The van der Waals surface area contributed by atoms with Crippen molar-refractivity contribution in [3.05, 3.63) is 47.5 Å². The Morgan fingerprint density at radius 1 is 1.03 bits per heavy atom. The predicted molar refractivity (Wildman–Crippen MR) is 120 cm³/mol. The summed E-state index contributed by atoms with van der Waals surface area (Å²) in [5.74, 6) is 0.692. The smallest absolute Gasteiger partial charge is 0.262 e. The molecule has 8 heteroatoms. The normalized spacial score (nSPS) is 14.8. The van der Waals surface area contributed by atoms with Crippen LogP contribution in [-0.2, 0) is 14.8 Å². The summed E-state index contributed by atoms with van der Waals surface area (Å²) >= 11 is 0. The van der Waals surface area contributed by atoms with E-state index in [4.69, 9.17) is 9.47 Å². The first-order chi connectivity index (χ1) is 14.8. The molecule has 2 aromatic carbocycles. The number of carbonyl (C=O) groups is 1. The summed E-state index contributed by atoms with van der Waals surface area (Å²) in [5.41, 5.74) is 2.21. The van der Waals surface area contributed by atoms with E-state index in [1.807, 2.05) is 19.1 Å². The minimum absolute atomic E-state index is 0.00251. The monoisotopic (exact) mass is 446 g/mol. The highest BCUT2D eigenvalue weighted by Crippen LogP contribution is 2.26. The van der Waals surface area contributed by atoms with Gasteiger partial charge in [-0.3, -0.25) is 4.79 Å². The largest absolute Gasteiger partial charge is 0.495 e. The Hall–Kier alpha value is -2.58. The van der Waals surface area contributed by atoms with E-state index in [0.29, 0.717) is 22.7 Å². The number of amides is 1. The molecule has 1 saturated carbocycles. The maximum Gasteiger partial charge on any atom is 0.262 e. The zero-order chi connectivity index (χ0) is 22.4. The third-order valence-corrected chi connectivity index (χ3v) is 6.89. The molecule has 0 heterocycles. The second kappa shape index (κ2) is 10.2. The van der Waals surface area contributed by atoms with E-state index in [1.165, 1.54) is 6.07 Å². The van der Waals surface area contributed by atoms with Crippen LogP contribution in [0.2, 0.25) is 0 Å². The lowest BCUT2D eigenvalue weighted by Gasteiger charge is -2.22. The Bertz CT molecular complexity index is 1030. The Kier molecular flexibility index (Phi) is 7.56. The molecule has 0 atom stereocenters. The van der Waals surface area contributed by atoms with Crippen LogP contribution in [0.4, 0.5) is 5.69 Å². The SMILES string of the molecule is COc1ccc(C)cc1NC(=O)COc1ccc(S(=O)(=O)NC2CCCCC2)cc1C. The van der Waals surface area contributed by atoms with Gasteiger partial charge in [-0.05, 0) is 68.1 Å². The Labute approximate surface area is 184 Å². The fraction of sp³-hybridized carbons (Fsp3) is 0.435. The van der Waals surface area contributed by atoms with Gasteiger partial charge in [0.1, 0.15) is 11.5 Å². The third kappa shape index (κ3) is 6.21. The Morgan fingerprint density at radius 3 is 2.42 bits per heavy atom. The van der Waals surface area contributed by atoms with Gasteiger partial charge < -0.3 is 14.8 Å². The molecule has 0 bridgehead atoms. The lowest BCUT2D eigenvalue weighted by molar-refractivity contribution is -0.118. The van der Waals surface area contributed by atoms with Crippen molar-refractivity contribution in [3.8, 4) is 11.5 Å². The molecule has 0 aromatic heterocycles. The molecule has 168 valence electrons. The van der Waals surface area contributed by atoms with Crippen LogP contribution in [0.5, 0.6) is 11.5 Å². The van der Waals surface area contributed by atoms with E-state index in [-0.39, 0.29) is 23.5 Å². The van der Waals surface area contributed by atoms with Gasteiger partial charge in [-0.15, -0.1) is 0 Å². The van der Waals surface area contributed by atoms with Crippen LogP contribution < -0.4 is 19.5 Å². The average Bonchev–Trinajstić information content (AvgIpc) is 2.73. The molecule has 1 fully saturated rings. The van der Waals surface area contributed by atoms with Gasteiger partial charge in [0.25, 0.3) is 5.91 Å². The summed E-state index contributed by atoms with van der Waals surface area (Å²) in [6.07, 6.45) is 5.01. The average molecular weight is 447 g/mol. The van der Waals surface area contributed by atoms with E-state index in [1.54, 1.807) is 32.2 Å². The maximum absolute atomic E-state index is 12.7. The molecule has 0 unspecified atom stereocenters. The van der Waals surface area contributed by atoms with Crippen LogP contribution in [0, 0.1) is 13.8 Å². The highest BCUT2D eigenvalue weighted by Gasteiger charge is 2.22. The minimum Gasteiger partial charge on any atom is -0.495 e. The van der Waals surface area contributed by atoms with Gasteiger partial charge in [0, 0.05) is 6.04 Å². The van der Waals surface area contributed by atoms with Crippen molar-refractivity contribution in [2.45, 2.75) is 56.9 Å². The first-order valence-electron chi connectivity index (χ1n) is 10.5. The predicted octanol–water partition coefficient (Wildman–Crippen LogP) is 3.94. The van der Waals surface area contributed by atoms with Gasteiger partial charge in [-0.2, -0.15) is 0 Å². The zero-order valence-electron chi connectivity index (χ0n) is 18.2. The van der Waals surface area contributed by atoms with E-state index in [9.17, 15) is 13.2 Å². The van der Waals surface area contributed by atoms with Crippen LogP contribution in [0.15, 0.2) is 41.3 Å². The van der Waals surface area contributed by atoms with Gasteiger partial charge >= 0.3 is 0 Å². The van der Waals surface area contributed by atoms with Crippen LogP contribution in [0.25, 0.3) is 0 Å². The second-order valence-corrected chi connectivity index (χ2v) is 9.64. The first kappa shape index (κ1) is 23.1. The molecular formula is C23H30N2O5S. The number of rotatable bonds is 8. The number of aryl methyl sites for hydroxylation is 2. The summed E-state index contributed by atoms with van der Waals surface area (Å²) in [5, 5.41) is 2.78. The minimum atomic E-state index is -3.58. The molecule has 0 saturated heterocycles. The molecule has 1 aliphatic carbocycles. The van der Waals surface area contributed by atoms with Gasteiger partial charge in [0.2, 0.25) is 10.0 Å². The molecule has 0 radical (unpaired) electrons. The van der Waals surface area contributed by atoms with Gasteiger partial charge in [0.15, 0.2) is 6.61 Å². The number of hydrogen-bond donors (Lipinski definition) is 2. The van der Waals surface area contributed by atoms with Crippen LogP contribution in [0.1, 0.15) is 43.2 Å². The van der Waals surface area contributed by atoms with Crippen LogP contribution in [-0.4, -0.2) is 34.1 Å². The summed E-state index contributed by atoms with van der Waals surface area (Å²) in [6, 6.07) is 10.2. The van der Waals surface area contributed by atoms with Crippen molar-refractivity contribution < 1.29 is 22.7 Å². The van der Waals surface area contributed by atoms with Crippen molar-refractivity contribution in [3.63, 3.8) is 0 Å². The standard InChI is InChI=1S/C23H30N2O5S/c1-16-9-11-22(29-3)20(13-16)24-23(26)15-30-21-12-10-19(14-17(21)2)31(27,28)25-18-7-5-4-6-8-18/h9-14,18,25H,4-8,15H2,1-3H3,(H,24,26). The molecule has 0 aliphatic heterocycles. The molecular weight excluding hydrogens is 416 g/mol. The number of benzene rings is 2. The van der Waals surface area contributed by atoms with Gasteiger partial charge in [-0.25, -0.2) is 13.1 Å². The van der Waals surface area contributed by atoms with Crippen LogP contribution in [0.3, 0.4) is 0 Å². The third-order valence-electron chi connectivity index (χ3n) is 5.37. The molecule has 31 heavy (non-hydrogen) atoms. The summed E-state index contributed by atoms with van der Waals surface area (Å²) in [7, 11) is -2.04. The number of ether oxygens (including phenoxy) is 2. The van der Waals surface area contributed by atoms with E-state index in [0.717, 1.165) is 37.7 Å². The molecule has 3 rings (SSSR count). The number of anilines is 1. The fourth-order valence-electron chi connectivity index (χ4n) is 3.71. The molecule has 1 amide bonds. The fourth-order valence-corrected chi connectivity index (χ4v) is 5.10. The summed E-state index contributed by atoms with van der Waals surface area (Å²) < 4.78 is 39.1. The molecule has 7 nitrogen and oxygen atoms in total. The number of carbonyl (C=O) groups excluding carboxylic acids is 1. The van der Waals surface area contributed by atoms with Crippen molar-refractivity contribution in [2.24, 2.45) is 0 Å². The number of nitrogens with one attached hydrogen (secondary N) is 2. The van der Waals surface area contributed by atoms with E-state index >= 15 is 0 Å². The zero-order valence-corrected chi connectivity index (χ0v) is 19.1. The quantitative estimate of drug-likeness (QED) is 0.641. The summed E-state index contributed by atoms with van der Waals surface area (Å²) in [6.45, 7) is 3.48. The molecule has 2 N–H and O–H groups in total. The molecule has 1 aliphatic rings. The molecule has 2 aromatic rings. The highest BCUT2D eigenvalue weighted by molar-refractivity contribution is 7.89. The number of hydrogen-bond acceptors (Lipinski definition) is 5. The van der Waals surface area contributed by atoms with Gasteiger partial charge in [0.05, 0.1) is 17.7 Å². The second-order valence-electron chi connectivity index (χ2n) is 7.92. The Balaban J connectivity index is 1.61. The van der Waals surface area contributed by atoms with Crippen LogP contribution >= 0.6 is 0 Å². The van der Waals surface area contributed by atoms with Crippen molar-refractivity contribution >= 4 is 21.6 Å². The van der Waals surface area contributed by atoms with E-state index in [2.05, 4.69) is 10.0 Å². The lowest BCUT2D eigenvalue weighted by atomic mass is 9.96. The Morgan fingerprint density at radius 2 is 1.74 bits per heavy atom. The topological polar surface area (TPSA) is 93.7 Å². The van der Waals surface area contributed by atoms with Crippen molar-refractivity contribution in [1.29, 1.82) is 0 Å². The van der Waals surface area contributed by atoms with Gasteiger partial charge in [-0.1, -0.05) is 25.3 Å². The van der Waals surface area contributed by atoms with Crippen molar-refractivity contribution in [1.82, 2.24) is 4.72 Å². The number of sulfonamides is 1. The number of methoxy groups -OCH3 is 1. The highest BCUT2D eigenvalue weighted by atomic mass is 32.2.